The van der Waals surface area contributed by atoms with Crippen LogP contribution in [0, 0.1) is 13.8 Å². The van der Waals surface area contributed by atoms with Crippen LogP contribution < -0.4 is 10.1 Å². The van der Waals surface area contributed by atoms with E-state index in [2.05, 4.69) is 50.0 Å². The van der Waals surface area contributed by atoms with E-state index in [1.807, 2.05) is 0 Å². The lowest BCUT2D eigenvalue weighted by atomic mass is 9.85. The fourth-order valence-electron chi connectivity index (χ4n) is 3.66. The van der Waals surface area contributed by atoms with Crippen LogP contribution in [-0.4, -0.2) is 36.7 Å². The summed E-state index contributed by atoms with van der Waals surface area (Å²) in [7, 11) is 0. The highest BCUT2D eigenvalue weighted by Gasteiger charge is 2.38. The number of hydrogen-bond acceptors (Lipinski definition) is 3. The molecule has 0 spiro atoms. The summed E-state index contributed by atoms with van der Waals surface area (Å²) in [5.41, 5.74) is 4.00. The fraction of sp³-hybridized carbons (Fsp3) is 0.647. The Hall–Kier alpha value is -1.06. The molecular formula is C17H26N2O. The van der Waals surface area contributed by atoms with Gasteiger partial charge in [0.1, 0.15) is 11.4 Å². The average Bonchev–Trinajstić information content (AvgIpc) is 2.36. The lowest BCUT2D eigenvalue weighted by Gasteiger charge is -2.44. The van der Waals surface area contributed by atoms with Crippen molar-refractivity contribution >= 4 is 0 Å². The third-order valence-corrected chi connectivity index (χ3v) is 4.49. The van der Waals surface area contributed by atoms with Crippen LogP contribution in [-0.2, 0) is 0 Å². The predicted molar refractivity (Wildman–Crippen MR) is 82.4 cm³/mol. The second-order valence-corrected chi connectivity index (χ2v) is 6.86. The van der Waals surface area contributed by atoms with Gasteiger partial charge in [-0.15, -0.1) is 0 Å². The summed E-state index contributed by atoms with van der Waals surface area (Å²) in [6.07, 6.45) is 1.07. The van der Waals surface area contributed by atoms with Crippen molar-refractivity contribution in [2.75, 3.05) is 26.2 Å². The van der Waals surface area contributed by atoms with Gasteiger partial charge in [-0.3, -0.25) is 4.90 Å². The lowest BCUT2D eigenvalue weighted by Crippen LogP contribution is -2.49. The Morgan fingerprint density at radius 2 is 1.90 bits per heavy atom. The molecule has 0 saturated carbocycles. The Bertz CT molecular complexity index is 504. The van der Waals surface area contributed by atoms with Gasteiger partial charge in [0.2, 0.25) is 0 Å². The topological polar surface area (TPSA) is 24.5 Å². The number of aryl methyl sites for hydroxylation is 2. The van der Waals surface area contributed by atoms with Gasteiger partial charge in [0.15, 0.2) is 0 Å². The monoisotopic (exact) mass is 274 g/mol. The number of nitrogens with zero attached hydrogens (tertiary/aromatic N) is 1. The van der Waals surface area contributed by atoms with Crippen molar-refractivity contribution in [2.45, 2.75) is 45.8 Å². The van der Waals surface area contributed by atoms with E-state index in [-0.39, 0.29) is 5.60 Å². The van der Waals surface area contributed by atoms with E-state index in [4.69, 9.17) is 4.74 Å². The molecule has 1 saturated heterocycles. The number of hydrogen-bond donors (Lipinski definition) is 1. The van der Waals surface area contributed by atoms with Gasteiger partial charge in [0.05, 0.1) is 0 Å². The van der Waals surface area contributed by atoms with E-state index >= 15 is 0 Å². The molecule has 2 aliphatic heterocycles. The summed E-state index contributed by atoms with van der Waals surface area (Å²) in [5.74, 6) is 1.10. The molecule has 1 fully saturated rings. The highest BCUT2D eigenvalue weighted by molar-refractivity contribution is 5.47. The minimum atomic E-state index is -0.0806. The number of ether oxygens (including phenoxy) is 1. The second-order valence-electron chi connectivity index (χ2n) is 6.86. The van der Waals surface area contributed by atoms with Gasteiger partial charge in [-0.25, -0.2) is 0 Å². The van der Waals surface area contributed by atoms with Crippen molar-refractivity contribution in [3.05, 3.63) is 28.8 Å². The maximum atomic E-state index is 6.26. The molecule has 20 heavy (non-hydrogen) atoms. The average molecular weight is 274 g/mol. The van der Waals surface area contributed by atoms with Crippen molar-refractivity contribution < 1.29 is 4.74 Å². The number of piperazine rings is 1. The summed E-state index contributed by atoms with van der Waals surface area (Å²) < 4.78 is 6.26. The largest absolute Gasteiger partial charge is 0.487 e. The molecule has 3 nitrogen and oxygen atoms in total. The molecule has 0 bridgehead atoms. The summed E-state index contributed by atoms with van der Waals surface area (Å²) >= 11 is 0. The number of rotatable bonds is 1. The molecule has 2 aliphatic rings. The SMILES string of the molecule is Cc1cc(C)c2c(c1)OC(C)(C)CC2N1CCNCC1. The van der Waals surface area contributed by atoms with Gasteiger partial charge < -0.3 is 10.1 Å². The van der Waals surface area contributed by atoms with Crippen LogP contribution in [0.3, 0.4) is 0 Å². The van der Waals surface area contributed by atoms with Crippen LogP contribution in [0.1, 0.15) is 43.0 Å². The molecule has 3 rings (SSSR count). The molecule has 1 N–H and O–H groups in total. The second kappa shape index (κ2) is 5.05. The van der Waals surface area contributed by atoms with Crippen molar-refractivity contribution in [1.29, 1.82) is 0 Å². The normalized spacial score (nSPS) is 25.9. The lowest BCUT2D eigenvalue weighted by molar-refractivity contribution is 0.0255. The van der Waals surface area contributed by atoms with Crippen LogP contribution in [0.5, 0.6) is 5.75 Å². The first kappa shape index (κ1) is 13.9. The zero-order valence-corrected chi connectivity index (χ0v) is 13.1. The van der Waals surface area contributed by atoms with Crippen LogP contribution >= 0.6 is 0 Å². The van der Waals surface area contributed by atoms with E-state index in [9.17, 15) is 0 Å². The van der Waals surface area contributed by atoms with Gasteiger partial charge in [0.25, 0.3) is 0 Å². The van der Waals surface area contributed by atoms with Crippen LogP contribution in [0.2, 0.25) is 0 Å². The zero-order valence-electron chi connectivity index (χ0n) is 13.1. The summed E-state index contributed by atoms with van der Waals surface area (Å²) in [6.45, 7) is 13.3. The van der Waals surface area contributed by atoms with Crippen LogP contribution in [0.4, 0.5) is 0 Å². The Labute approximate surface area is 122 Å². The first-order chi connectivity index (χ1) is 9.46. The highest BCUT2D eigenvalue weighted by Crippen LogP contribution is 2.44. The number of fused-ring (bicyclic) bond motifs is 1. The maximum Gasteiger partial charge on any atom is 0.125 e. The van der Waals surface area contributed by atoms with E-state index in [1.165, 1.54) is 16.7 Å². The van der Waals surface area contributed by atoms with Crippen LogP contribution in [0.15, 0.2) is 12.1 Å². The Morgan fingerprint density at radius 1 is 1.20 bits per heavy atom. The smallest absolute Gasteiger partial charge is 0.125 e. The van der Waals surface area contributed by atoms with Gasteiger partial charge in [-0.1, -0.05) is 6.07 Å². The van der Waals surface area contributed by atoms with Crippen molar-refractivity contribution in [2.24, 2.45) is 0 Å². The molecule has 0 amide bonds. The van der Waals surface area contributed by atoms with Crippen LogP contribution in [0.25, 0.3) is 0 Å². The van der Waals surface area contributed by atoms with E-state index < -0.39 is 0 Å². The summed E-state index contributed by atoms with van der Waals surface area (Å²) in [6, 6.07) is 4.99. The first-order valence-electron chi connectivity index (χ1n) is 7.71. The zero-order chi connectivity index (χ0) is 14.3. The molecule has 0 radical (unpaired) electrons. The Kier molecular flexibility index (Phi) is 3.51. The van der Waals surface area contributed by atoms with Gasteiger partial charge in [-0.2, -0.15) is 0 Å². The molecule has 1 aromatic rings. The number of nitrogens with one attached hydrogen (secondary N) is 1. The van der Waals surface area contributed by atoms with Crippen molar-refractivity contribution in [1.82, 2.24) is 10.2 Å². The first-order valence-corrected chi connectivity index (χ1v) is 7.71. The van der Waals surface area contributed by atoms with E-state index in [1.54, 1.807) is 0 Å². The standard InChI is InChI=1S/C17H26N2O/c1-12-9-13(2)16-14(19-7-5-18-6-8-19)11-17(3,4)20-15(16)10-12/h9-10,14,18H,5-8,11H2,1-4H3. The maximum absolute atomic E-state index is 6.26. The van der Waals surface area contributed by atoms with Crippen molar-refractivity contribution in [3.63, 3.8) is 0 Å². The quantitative estimate of drug-likeness (QED) is 0.852. The molecule has 0 aromatic heterocycles. The molecule has 3 heteroatoms. The molecule has 1 unspecified atom stereocenters. The molecule has 1 aromatic carbocycles. The third-order valence-electron chi connectivity index (χ3n) is 4.49. The Balaban J connectivity index is 2.02. The molecule has 1 atom stereocenters. The van der Waals surface area contributed by atoms with Gasteiger partial charge >= 0.3 is 0 Å². The molecule has 2 heterocycles. The highest BCUT2D eigenvalue weighted by atomic mass is 16.5. The Morgan fingerprint density at radius 3 is 2.60 bits per heavy atom. The molecule has 110 valence electrons. The third kappa shape index (κ3) is 2.57. The predicted octanol–water partition coefficient (Wildman–Crippen LogP) is 2.81. The minimum absolute atomic E-state index is 0.0806. The summed E-state index contributed by atoms with van der Waals surface area (Å²) in [5, 5.41) is 3.45. The van der Waals surface area contributed by atoms with E-state index in [0.29, 0.717) is 6.04 Å². The molecule has 0 aliphatic carbocycles. The van der Waals surface area contributed by atoms with Gasteiger partial charge in [-0.05, 0) is 44.9 Å². The number of benzene rings is 1. The van der Waals surface area contributed by atoms with Crippen molar-refractivity contribution in [3.8, 4) is 5.75 Å². The fourth-order valence-corrected chi connectivity index (χ4v) is 3.66. The summed E-state index contributed by atoms with van der Waals surface area (Å²) in [4.78, 5) is 2.63. The molecular weight excluding hydrogens is 248 g/mol. The van der Waals surface area contributed by atoms with Gasteiger partial charge in [0, 0.05) is 44.2 Å². The van der Waals surface area contributed by atoms with E-state index in [0.717, 1.165) is 38.3 Å². The minimum Gasteiger partial charge on any atom is -0.487 e.